The fourth-order valence-electron chi connectivity index (χ4n) is 5.63. The Morgan fingerprint density at radius 1 is 0.852 bits per heavy atom. The molecule has 2 saturated carbocycles. The number of aryl methyl sites for hydroxylation is 1. The number of allylic oxidation sites excluding steroid dienone is 2. The molecule has 1 aromatic rings. The van der Waals surface area contributed by atoms with Crippen molar-refractivity contribution in [3.63, 3.8) is 0 Å². The van der Waals surface area contributed by atoms with Gasteiger partial charge in [-0.05, 0) is 92.6 Å². The third kappa shape index (κ3) is 6.19. The topological polar surface area (TPSA) is 0 Å². The number of hydrogen-bond acceptors (Lipinski definition) is 0. The number of halogens is 1. The summed E-state index contributed by atoms with van der Waals surface area (Å²) in [5, 5.41) is 0. The van der Waals surface area contributed by atoms with Crippen LogP contribution in [0.5, 0.6) is 0 Å². The molecule has 3 rings (SSSR count). The minimum absolute atomic E-state index is 0.307. The molecule has 0 amide bonds. The normalized spacial score (nSPS) is 29.3. The third-order valence-electron chi connectivity index (χ3n) is 7.32. The molecule has 2 fully saturated rings. The highest BCUT2D eigenvalue weighted by Gasteiger charge is 2.31. The molecule has 0 atom stereocenters. The zero-order valence-electron chi connectivity index (χ0n) is 17.3. The second kappa shape index (κ2) is 11.0. The first-order valence-electron chi connectivity index (χ1n) is 11.6. The summed E-state index contributed by atoms with van der Waals surface area (Å²) in [6.07, 6.45) is 19.9. The summed E-state index contributed by atoms with van der Waals surface area (Å²) >= 11 is 0. The Balaban J connectivity index is 1.39. The van der Waals surface area contributed by atoms with Crippen LogP contribution in [0.4, 0.5) is 4.39 Å². The maximum atomic E-state index is 12.1. The van der Waals surface area contributed by atoms with Crippen LogP contribution >= 0.6 is 0 Å². The highest BCUT2D eigenvalue weighted by Crippen LogP contribution is 2.44. The Hall–Kier alpha value is -1.11. The summed E-state index contributed by atoms with van der Waals surface area (Å²) in [7, 11) is 0. The fraction of sp³-hybridized carbons (Fsp3) is 0.692. The molecule has 0 heterocycles. The van der Waals surface area contributed by atoms with Crippen molar-refractivity contribution in [1.82, 2.24) is 0 Å². The van der Waals surface area contributed by atoms with Gasteiger partial charge in [-0.25, -0.2) is 4.39 Å². The van der Waals surface area contributed by atoms with Crippen LogP contribution in [0.2, 0.25) is 0 Å². The summed E-state index contributed by atoms with van der Waals surface area (Å²) in [6.45, 7) is 1.95. The fourth-order valence-corrected chi connectivity index (χ4v) is 5.63. The van der Waals surface area contributed by atoms with E-state index in [4.69, 9.17) is 0 Å². The highest BCUT2D eigenvalue weighted by atomic mass is 19.1. The van der Waals surface area contributed by atoms with E-state index in [9.17, 15) is 4.39 Å². The summed E-state index contributed by atoms with van der Waals surface area (Å²) in [6, 6.07) is 9.51. The van der Waals surface area contributed by atoms with Crippen molar-refractivity contribution < 1.29 is 4.39 Å². The van der Waals surface area contributed by atoms with Crippen LogP contribution in [-0.4, -0.2) is 6.67 Å². The predicted octanol–water partition coefficient (Wildman–Crippen LogP) is 8.03. The van der Waals surface area contributed by atoms with Gasteiger partial charge in [-0.15, -0.1) is 0 Å². The summed E-state index contributed by atoms with van der Waals surface area (Å²) in [5.74, 6) is 3.66. The lowest BCUT2D eigenvalue weighted by Gasteiger charge is -2.38. The van der Waals surface area contributed by atoms with Crippen molar-refractivity contribution in [2.45, 2.75) is 89.9 Å². The minimum atomic E-state index is -0.307. The van der Waals surface area contributed by atoms with Gasteiger partial charge in [0.05, 0.1) is 0 Å². The lowest BCUT2D eigenvalue weighted by atomic mass is 9.68. The van der Waals surface area contributed by atoms with Crippen molar-refractivity contribution in [3.8, 4) is 0 Å². The quantitative estimate of drug-likeness (QED) is 0.406. The zero-order chi connectivity index (χ0) is 18.9. The Labute approximate surface area is 166 Å². The average Bonchev–Trinajstić information content (AvgIpc) is 2.73. The van der Waals surface area contributed by atoms with Gasteiger partial charge in [-0.3, -0.25) is 0 Å². The third-order valence-corrected chi connectivity index (χ3v) is 7.32. The standard InChI is InChI=1S/C26H39F/c1-2-6-21-8-12-23(13-9-21)25-16-18-26(19-17-25)24-14-10-22(11-15-24)7-4-3-5-20-27/h3,5,8-9,12-13,22,24-26H,2,4,6-7,10-11,14-20H2,1H3/t22-,24-,25-,26-. The molecule has 0 aliphatic heterocycles. The molecule has 27 heavy (non-hydrogen) atoms. The monoisotopic (exact) mass is 370 g/mol. The maximum Gasteiger partial charge on any atom is 0.108 e. The van der Waals surface area contributed by atoms with Gasteiger partial charge in [0.15, 0.2) is 0 Å². The number of alkyl halides is 1. The molecule has 1 heteroatoms. The van der Waals surface area contributed by atoms with E-state index in [0.717, 1.165) is 30.1 Å². The van der Waals surface area contributed by atoms with E-state index in [0.29, 0.717) is 0 Å². The molecule has 0 bridgehead atoms. The van der Waals surface area contributed by atoms with Crippen molar-refractivity contribution in [1.29, 1.82) is 0 Å². The SMILES string of the molecule is CCCc1ccc([C@H]2CC[C@H]([C@H]3CC[C@H](CCC=CCF)CC3)CC2)cc1. The van der Waals surface area contributed by atoms with E-state index in [1.165, 1.54) is 76.2 Å². The molecule has 1 aromatic carbocycles. The molecule has 0 N–H and O–H groups in total. The van der Waals surface area contributed by atoms with Gasteiger partial charge < -0.3 is 0 Å². The lowest BCUT2D eigenvalue weighted by Crippen LogP contribution is -2.25. The van der Waals surface area contributed by atoms with E-state index in [1.54, 1.807) is 11.6 Å². The van der Waals surface area contributed by atoms with Crippen LogP contribution in [0, 0.1) is 17.8 Å². The van der Waals surface area contributed by atoms with Crippen molar-refractivity contribution in [3.05, 3.63) is 47.5 Å². The van der Waals surface area contributed by atoms with E-state index >= 15 is 0 Å². The molecule has 0 unspecified atom stereocenters. The number of benzene rings is 1. The summed E-state index contributed by atoms with van der Waals surface area (Å²) in [5.41, 5.74) is 3.07. The van der Waals surface area contributed by atoms with Gasteiger partial charge in [0.2, 0.25) is 0 Å². The van der Waals surface area contributed by atoms with Crippen LogP contribution in [0.15, 0.2) is 36.4 Å². The number of hydrogen-bond donors (Lipinski definition) is 0. The van der Waals surface area contributed by atoms with Gasteiger partial charge in [-0.2, -0.15) is 0 Å². The zero-order valence-corrected chi connectivity index (χ0v) is 17.3. The molecule has 0 radical (unpaired) electrons. The largest absolute Gasteiger partial charge is 0.247 e. The Kier molecular flexibility index (Phi) is 8.42. The first-order valence-corrected chi connectivity index (χ1v) is 11.6. The molecular weight excluding hydrogens is 331 g/mol. The van der Waals surface area contributed by atoms with Gasteiger partial charge in [0.25, 0.3) is 0 Å². The predicted molar refractivity (Wildman–Crippen MR) is 115 cm³/mol. The average molecular weight is 371 g/mol. The molecule has 0 saturated heterocycles. The van der Waals surface area contributed by atoms with E-state index in [1.807, 2.05) is 6.08 Å². The Morgan fingerprint density at radius 2 is 1.48 bits per heavy atom. The smallest absolute Gasteiger partial charge is 0.108 e. The molecule has 150 valence electrons. The molecular formula is C26H39F. The van der Waals surface area contributed by atoms with Crippen molar-refractivity contribution in [2.75, 3.05) is 6.67 Å². The second-order valence-corrected chi connectivity index (χ2v) is 9.09. The Bertz CT molecular complexity index is 542. The van der Waals surface area contributed by atoms with Gasteiger partial charge in [0, 0.05) is 0 Å². The van der Waals surface area contributed by atoms with E-state index < -0.39 is 0 Å². The van der Waals surface area contributed by atoms with Gasteiger partial charge >= 0.3 is 0 Å². The first kappa shape index (κ1) is 20.6. The van der Waals surface area contributed by atoms with E-state index in [-0.39, 0.29) is 6.67 Å². The van der Waals surface area contributed by atoms with Crippen LogP contribution in [0.25, 0.3) is 0 Å². The molecule has 2 aliphatic carbocycles. The van der Waals surface area contributed by atoms with E-state index in [2.05, 4.69) is 31.2 Å². The number of rotatable bonds is 8. The summed E-state index contributed by atoms with van der Waals surface area (Å²) < 4.78 is 12.1. The Morgan fingerprint density at radius 3 is 2.07 bits per heavy atom. The van der Waals surface area contributed by atoms with Crippen molar-refractivity contribution >= 4 is 0 Å². The lowest BCUT2D eigenvalue weighted by molar-refractivity contribution is 0.157. The molecule has 2 aliphatic rings. The van der Waals surface area contributed by atoms with Gasteiger partial charge in [0.1, 0.15) is 6.67 Å². The van der Waals surface area contributed by atoms with Crippen LogP contribution < -0.4 is 0 Å². The van der Waals surface area contributed by atoms with Crippen LogP contribution in [0.1, 0.15) is 94.6 Å². The second-order valence-electron chi connectivity index (χ2n) is 9.09. The molecule has 0 spiro atoms. The minimum Gasteiger partial charge on any atom is -0.247 e. The summed E-state index contributed by atoms with van der Waals surface area (Å²) in [4.78, 5) is 0. The highest BCUT2D eigenvalue weighted by molar-refractivity contribution is 5.26. The van der Waals surface area contributed by atoms with Crippen molar-refractivity contribution in [2.24, 2.45) is 17.8 Å². The van der Waals surface area contributed by atoms with Crippen LogP contribution in [0.3, 0.4) is 0 Å². The molecule has 0 aromatic heterocycles. The van der Waals surface area contributed by atoms with Crippen LogP contribution in [-0.2, 0) is 6.42 Å². The maximum absolute atomic E-state index is 12.1. The first-order chi connectivity index (χ1) is 13.3. The van der Waals surface area contributed by atoms with Gasteiger partial charge in [-0.1, -0.05) is 62.6 Å². The molecule has 0 nitrogen and oxygen atoms in total.